The zero-order valence-electron chi connectivity index (χ0n) is 18.7. The van der Waals surface area contributed by atoms with Crippen molar-refractivity contribution in [2.45, 2.75) is 33.5 Å². The summed E-state index contributed by atoms with van der Waals surface area (Å²) < 4.78 is 19.4. The summed E-state index contributed by atoms with van der Waals surface area (Å²) in [5.74, 6) is 0.951. The van der Waals surface area contributed by atoms with Gasteiger partial charge in [0.25, 0.3) is 5.56 Å². The van der Waals surface area contributed by atoms with Gasteiger partial charge in [-0.2, -0.15) is 0 Å². The Bertz CT molecular complexity index is 1300. The van der Waals surface area contributed by atoms with E-state index in [1.807, 2.05) is 6.07 Å². The van der Waals surface area contributed by atoms with Crippen LogP contribution in [0.25, 0.3) is 23.3 Å². The van der Waals surface area contributed by atoms with Crippen molar-refractivity contribution in [2.24, 2.45) is 0 Å². The number of aromatic nitrogens is 4. The molecule has 0 saturated heterocycles. The van der Waals surface area contributed by atoms with Crippen LogP contribution in [0.1, 0.15) is 25.2 Å². The molecule has 0 spiro atoms. The number of benzene rings is 1. The number of imidazole rings is 1. The molecule has 0 aliphatic carbocycles. The first kappa shape index (κ1) is 22.9. The summed E-state index contributed by atoms with van der Waals surface area (Å²) in [6.07, 6.45) is 3.44. The lowest BCUT2D eigenvalue weighted by Crippen LogP contribution is -2.40. The molecule has 0 amide bonds. The molecule has 10 nitrogen and oxygen atoms in total. The Balaban J connectivity index is 2.24. The zero-order valence-corrected chi connectivity index (χ0v) is 18.7. The fraction of sp³-hybridized carbons (Fsp3) is 0.364. The van der Waals surface area contributed by atoms with Crippen molar-refractivity contribution in [3.8, 4) is 11.5 Å². The van der Waals surface area contributed by atoms with E-state index in [4.69, 9.17) is 14.2 Å². The molecule has 32 heavy (non-hydrogen) atoms. The van der Waals surface area contributed by atoms with Crippen LogP contribution >= 0.6 is 0 Å². The van der Waals surface area contributed by atoms with E-state index >= 15 is 0 Å². The van der Waals surface area contributed by atoms with Gasteiger partial charge in [-0.05, 0) is 37.6 Å². The van der Waals surface area contributed by atoms with Crippen molar-refractivity contribution in [3.63, 3.8) is 0 Å². The molecule has 0 N–H and O–H groups in total. The molecule has 2 aromatic heterocycles. The van der Waals surface area contributed by atoms with Gasteiger partial charge in [0.15, 0.2) is 22.7 Å². The molecule has 3 rings (SSSR count). The standard InChI is InChI=1S/C22H26N4O6/c1-6-24-20-19(21(28)25(7-2)22(24)29)26(13-18(27)32-5)17(23-20)11-9-14-8-10-15(30-3)16(12-14)31-4/h8-12H,6-7,13H2,1-5H3. The molecule has 0 radical (unpaired) electrons. The summed E-state index contributed by atoms with van der Waals surface area (Å²) in [4.78, 5) is 42.4. The number of esters is 1. The van der Waals surface area contributed by atoms with Crippen LogP contribution in [-0.4, -0.2) is 46.0 Å². The Kier molecular flexibility index (Phi) is 6.82. The van der Waals surface area contributed by atoms with Crippen LogP contribution in [0.2, 0.25) is 0 Å². The van der Waals surface area contributed by atoms with Crippen molar-refractivity contribution in [1.82, 2.24) is 18.7 Å². The number of carbonyl (C=O) groups is 1. The highest BCUT2D eigenvalue weighted by Crippen LogP contribution is 2.28. The Hall–Kier alpha value is -3.82. The molecule has 0 saturated carbocycles. The van der Waals surface area contributed by atoms with E-state index in [0.29, 0.717) is 23.9 Å². The van der Waals surface area contributed by atoms with Gasteiger partial charge in [0.05, 0.1) is 21.3 Å². The van der Waals surface area contributed by atoms with Gasteiger partial charge in [0.1, 0.15) is 12.4 Å². The second-order valence-electron chi connectivity index (χ2n) is 6.83. The molecule has 0 fully saturated rings. The molecular formula is C22H26N4O6. The third-order valence-corrected chi connectivity index (χ3v) is 5.12. The van der Waals surface area contributed by atoms with Gasteiger partial charge in [0.2, 0.25) is 0 Å². The minimum Gasteiger partial charge on any atom is -0.493 e. The van der Waals surface area contributed by atoms with Crippen LogP contribution in [0.4, 0.5) is 0 Å². The molecule has 0 aliphatic rings. The third kappa shape index (κ3) is 4.03. The Morgan fingerprint density at radius 3 is 2.25 bits per heavy atom. The van der Waals surface area contributed by atoms with Crippen LogP contribution in [0.15, 0.2) is 27.8 Å². The summed E-state index contributed by atoms with van der Waals surface area (Å²) >= 11 is 0. The average molecular weight is 442 g/mol. The Morgan fingerprint density at radius 2 is 1.66 bits per heavy atom. The predicted molar refractivity (Wildman–Crippen MR) is 120 cm³/mol. The Morgan fingerprint density at radius 1 is 0.969 bits per heavy atom. The molecule has 170 valence electrons. The van der Waals surface area contributed by atoms with E-state index in [9.17, 15) is 14.4 Å². The first-order chi connectivity index (χ1) is 15.4. The first-order valence-electron chi connectivity index (χ1n) is 10.1. The van der Waals surface area contributed by atoms with Gasteiger partial charge in [-0.15, -0.1) is 0 Å². The minimum atomic E-state index is -0.540. The Labute approximate surface area is 184 Å². The predicted octanol–water partition coefficient (Wildman–Crippen LogP) is 1.76. The second kappa shape index (κ2) is 9.54. The zero-order chi connectivity index (χ0) is 23.4. The molecule has 1 aromatic carbocycles. The first-order valence-corrected chi connectivity index (χ1v) is 10.1. The topological polar surface area (TPSA) is 107 Å². The number of carbonyl (C=O) groups excluding carboxylic acids is 1. The van der Waals surface area contributed by atoms with E-state index < -0.39 is 17.2 Å². The molecule has 0 unspecified atom stereocenters. The monoisotopic (exact) mass is 442 g/mol. The summed E-state index contributed by atoms with van der Waals surface area (Å²) in [5.41, 5.74) is 0.247. The lowest BCUT2D eigenvalue weighted by atomic mass is 10.2. The molecular weight excluding hydrogens is 416 g/mol. The van der Waals surface area contributed by atoms with Crippen molar-refractivity contribution < 1.29 is 19.0 Å². The van der Waals surface area contributed by atoms with Gasteiger partial charge < -0.3 is 18.8 Å². The van der Waals surface area contributed by atoms with E-state index in [2.05, 4.69) is 4.98 Å². The molecule has 0 atom stereocenters. The number of rotatable bonds is 8. The minimum absolute atomic E-state index is 0.172. The van der Waals surface area contributed by atoms with E-state index in [1.54, 1.807) is 52.4 Å². The smallest absolute Gasteiger partial charge is 0.332 e. The van der Waals surface area contributed by atoms with Crippen molar-refractivity contribution in [1.29, 1.82) is 0 Å². The highest BCUT2D eigenvalue weighted by Gasteiger charge is 2.21. The number of methoxy groups -OCH3 is 3. The highest BCUT2D eigenvalue weighted by molar-refractivity contribution is 5.80. The quantitative estimate of drug-likeness (QED) is 0.489. The van der Waals surface area contributed by atoms with E-state index in [-0.39, 0.29) is 24.3 Å². The number of hydrogen-bond acceptors (Lipinski definition) is 7. The van der Waals surface area contributed by atoms with Crippen molar-refractivity contribution in [3.05, 3.63) is 50.4 Å². The number of aryl methyl sites for hydroxylation is 1. The van der Waals surface area contributed by atoms with Crippen LogP contribution in [-0.2, 0) is 29.2 Å². The van der Waals surface area contributed by atoms with Gasteiger partial charge >= 0.3 is 11.7 Å². The summed E-state index contributed by atoms with van der Waals surface area (Å²) in [5, 5.41) is 0. The summed E-state index contributed by atoms with van der Waals surface area (Å²) in [7, 11) is 4.37. The van der Waals surface area contributed by atoms with Crippen molar-refractivity contribution in [2.75, 3.05) is 21.3 Å². The molecule has 2 heterocycles. The fourth-order valence-corrected chi connectivity index (χ4v) is 3.48. The van der Waals surface area contributed by atoms with Crippen molar-refractivity contribution >= 4 is 29.3 Å². The average Bonchev–Trinajstić information content (AvgIpc) is 3.15. The second-order valence-corrected chi connectivity index (χ2v) is 6.83. The third-order valence-electron chi connectivity index (χ3n) is 5.12. The SMILES string of the molecule is CCn1c(=O)c2c(nc(C=Cc3ccc(OC)c(OC)c3)n2CC(=O)OC)n(CC)c1=O. The van der Waals surface area contributed by atoms with Crippen LogP contribution in [0.5, 0.6) is 11.5 Å². The number of nitrogens with zero attached hydrogens (tertiary/aromatic N) is 4. The van der Waals surface area contributed by atoms with Crippen LogP contribution in [0, 0.1) is 0 Å². The van der Waals surface area contributed by atoms with Gasteiger partial charge in [-0.3, -0.25) is 18.7 Å². The molecule has 10 heteroatoms. The number of ether oxygens (including phenoxy) is 3. The lowest BCUT2D eigenvalue weighted by Gasteiger charge is -2.09. The summed E-state index contributed by atoms with van der Waals surface area (Å²) in [6.45, 7) is 3.81. The number of hydrogen-bond donors (Lipinski definition) is 0. The lowest BCUT2D eigenvalue weighted by molar-refractivity contribution is -0.141. The van der Waals surface area contributed by atoms with Crippen LogP contribution in [0.3, 0.4) is 0 Å². The molecule has 0 aliphatic heterocycles. The van der Waals surface area contributed by atoms with E-state index in [0.717, 1.165) is 10.1 Å². The van der Waals surface area contributed by atoms with Gasteiger partial charge in [-0.1, -0.05) is 12.1 Å². The highest BCUT2D eigenvalue weighted by atomic mass is 16.5. The maximum atomic E-state index is 13.1. The molecule has 3 aromatic rings. The molecule has 0 bridgehead atoms. The van der Waals surface area contributed by atoms with Crippen LogP contribution < -0.4 is 20.7 Å². The fourth-order valence-electron chi connectivity index (χ4n) is 3.48. The normalized spacial score (nSPS) is 11.3. The van der Waals surface area contributed by atoms with Gasteiger partial charge in [-0.25, -0.2) is 9.78 Å². The van der Waals surface area contributed by atoms with E-state index in [1.165, 1.54) is 16.2 Å². The number of fused-ring (bicyclic) bond motifs is 1. The van der Waals surface area contributed by atoms with Gasteiger partial charge in [0, 0.05) is 13.1 Å². The maximum absolute atomic E-state index is 13.1. The summed E-state index contributed by atoms with van der Waals surface area (Å²) in [6, 6.07) is 5.39. The largest absolute Gasteiger partial charge is 0.493 e. The maximum Gasteiger partial charge on any atom is 0.332 e.